The second-order valence-corrected chi connectivity index (χ2v) is 14.8. The number of benzene rings is 1. The highest BCUT2D eigenvalue weighted by Crippen LogP contribution is 2.66. The van der Waals surface area contributed by atoms with E-state index >= 15 is 0 Å². The van der Waals surface area contributed by atoms with Gasteiger partial charge in [-0.2, -0.15) is 0 Å². The number of hydrogen-bond acceptors (Lipinski definition) is 1. The van der Waals surface area contributed by atoms with Gasteiger partial charge in [0.15, 0.2) is 0 Å². The summed E-state index contributed by atoms with van der Waals surface area (Å²) in [5, 5.41) is 3.75. The van der Waals surface area contributed by atoms with Crippen molar-refractivity contribution < 1.29 is 0 Å². The molecule has 0 aromatic heterocycles. The van der Waals surface area contributed by atoms with E-state index in [0.29, 0.717) is 23.2 Å². The second-order valence-electron chi connectivity index (χ2n) is 14.8. The van der Waals surface area contributed by atoms with E-state index in [-0.39, 0.29) is 6.04 Å². The van der Waals surface area contributed by atoms with E-state index in [1.807, 2.05) is 19.9 Å². The highest BCUT2D eigenvalue weighted by Gasteiger charge is 2.60. The number of fused-ring (bicyclic) bond motifs is 1. The van der Waals surface area contributed by atoms with Gasteiger partial charge in [0.2, 0.25) is 0 Å². The smallest absolute Gasteiger partial charge is 0.0502 e. The largest absolute Gasteiger partial charge is 0.382 e. The summed E-state index contributed by atoms with van der Waals surface area (Å²) in [5.74, 6) is 4.01. The number of allylic oxidation sites excluding steroid dienone is 6. The Labute approximate surface area is 295 Å². The highest BCUT2D eigenvalue weighted by molar-refractivity contribution is 5.34. The lowest BCUT2D eigenvalue weighted by Crippen LogP contribution is -2.38. The molecule has 0 radical (unpaired) electrons. The minimum absolute atomic E-state index is 0.268. The average Bonchev–Trinajstić information content (AvgIpc) is 3.30. The van der Waals surface area contributed by atoms with Crippen LogP contribution in [-0.2, 0) is 12.8 Å². The van der Waals surface area contributed by atoms with Gasteiger partial charge in [-0.05, 0) is 118 Å². The Morgan fingerprint density at radius 3 is 1.66 bits per heavy atom. The topological polar surface area (TPSA) is 12.0 Å². The molecule has 3 rings (SSSR count). The predicted molar refractivity (Wildman–Crippen MR) is 218 cm³/mol. The normalized spacial score (nSPS) is 18.6. The monoisotopic (exact) mass is 644 g/mol. The highest BCUT2D eigenvalue weighted by atomic mass is 14.9. The standard InChI is InChI=1S/C32H47N.C4H10.C4H8.2C3H6/c1-10-12-17-27(21(3)4)28(30-29(11-2)32(30,8)9)18-23(7)31(33-22(5)6)26-19-24-15-13-14-16-25(24)20-26;1-4(2)3;1-3-4-2;2*1-3-2/h10,13-16,26-31,33H,1,3,5,7,11-12,17-20H2,2,4,6,8-9H3;4H,1-3H3;3H,1,4H2,2H3;2*3H,1H2,2H3. The van der Waals surface area contributed by atoms with Crippen LogP contribution in [0.3, 0.4) is 0 Å². The lowest BCUT2D eigenvalue weighted by Gasteiger charge is -2.34. The van der Waals surface area contributed by atoms with Gasteiger partial charge >= 0.3 is 0 Å². The van der Waals surface area contributed by atoms with E-state index in [0.717, 1.165) is 62.0 Å². The summed E-state index contributed by atoms with van der Waals surface area (Å²) in [6.45, 7) is 51.5. The van der Waals surface area contributed by atoms with Gasteiger partial charge in [-0.25, -0.2) is 0 Å². The molecule has 0 bridgehead atoms. The van der Waals surface area contributed by atoms with Crippen molar-refractivity contribution in [3.8, 4) is 0 Å². The van der Waals surface area contributed by atoms with Crippen LogP contribution in [0, 0.1) is 40.9 Å². The van der Waals surface area contributed by atoms with Gasteiger partial charge in [-0.3, -0.25) is 0 Å². The summed E-state index contributed by atoms with van der Waals surface area (Å²) < 4.78 is 0. The first-order valence-corrected chi connectivity index (χ1v) is 18.3. The SMILES string of the molecule is C=CC.C=CC.C=CCC.C=CCCC(C(=C)C)C(CC(=C)C(NC(=C)C)C1Cc2ccccc2C1)C1C(CC)C1(C)C.CC(C)C. The van der Waals surface area contributed by atoms with Crippen LogP contribution in [0.4, 0.5) is 0 Å². The molecule has 5 atom stereocenters. The third-order valence-corrected chi connectivity index (χ3v) is 9.05. The van der Waals surface area contributed by atoms with Crippen molar-refractivity contribution in [3.05, 3.63) is 123 Å². The summed E-state index contributed by atoms with van der Waals surface area (Å²) in [4.78, 5) is 0. The Balaban J connectivity index is 0. The molecule has 0 spiro atoms. The lowest BCUT2D eigenvalue weighted by atomic mass is 9.73. The van der Waals surface area contributed by atoms with Crippen LogP contribution in [0.2, 0.25) is 0 Å². The summed E-state index contributed by atoms with van der Waals surface area (Å²) in [7, 11) is 0. The molecule has 47 heavy (non-hydrogen) atoms. The molecule has 0 amide bonds. The van der Waals surface area contributed by atoms with E-state index in [1.54, 1.807) is 12.2 Å². The van der Waals surface area contributed by atoms with Crippen molar-refractivity contribution in [2.45, 2.75) is 127 Å². The maximum absolute atomic E-state index is 4.73. The molecule has 1 saturated carbocycles. The molecule has 1 nitrogen and oxygen atoms in total. The Hall–Kier alpha value is -2.80. The summed E-state index contributed by atoms with van der Waals surface area (Å²) in [6, 6.07) is 9.20. The van der Waals surface area contributed by atoms with Crippen LogP contribution < -0.4 is 5.32 Å². The van der Waals surface area contributed by atoms with Gasteiger partial charge in [0, 0.05) is 5.70 Å². The molecule has 0 saturated heterocycles. The molecule has 5 unspecified atom stereocenters. The molecule has 1 N–H and O–H groups in total. The van der Waals surface area contributed by atoms with Crippen LogP contribution in [-0.4, -0.2) is 6.04 Å². The zero-order valence-corrected chi connectivity index (χ0v) is 33.1. The second kappa shape index (κ2) is 25.2. The number of hydrogen-bond donors (Lipinski definition) is 1. The molecular weight excluding hydrogens is 567 g/mol. The van der Waals surface area contributed by atoms with E-state index < -0.39 is 0 Å². The van der Waals surface area contributed by atoms with Crippen LogP contribution in [0.1, 0.15) is 119 Å². The molecule has 1 aromatic carbocycles. The molecule has 1 aromatic rings. The van der Waals surface area contributed by atoms with Gasteiger partial charge in [0.05, 0.1) is 6.04 Å². The van der Waals surface area contributed by atoms with Crippen molar-refractivity contribution in [3.63, 3.8) is 0 Å². The van der Waals surface area contributed by atoms with Crippen LogP contribution in [0.15, 0.2) is 111 Å². The minimum atomic E-state index is 0.268. The van der Waals surface area contributed by atoms with E-state index in [2.05, 4.69) is 137 Å². The van der Waals surface area contributed by atoms with Crippen molar-refractivity contribution in [1.82, 2.24) is 5.32 Å². The first-order chi connectivity index (χ1) is 22.1. The Bertz CT molecular complexity index is 1050. The minimum Gasteiger partial charge on any atom is -0.382 e. The summed E-state index contributed by atoms with van der Waals surface area (Å²) >= 11 is 0. The third kappa shape index (κ3) is 17.2. The lowest BCUT2D eigenvalue weighted by molar-refractivity contribution is 0.270. The number of nitrogens with one attached hydrogen (secondary N) is 1. The Kier molecular flexibility index (Phi) is 24.9. The molecule has 0 heterocycles. The molecule has 0 aliphatic heterocycles. The fourth-order valence-corrected chi connectivity index (χ4v) is 7.14. The van der Waals surface area contributed by atoms with Gasteiger partial charge < -0.3 is 5.32 Å². The summed E-state index contributed by atoms with van der Waals surface area (Å²) in [6.07, 6.45) is 15.3. The Morgan fingerprint density at radius 2 is 1.34 bits per heavy atom. The van der Waals surface area contributed by atoms with Gasteiger partial charge in [0.1, 0.15) is 0 Å². The van der Waals surface area contributed by atoms with Gasteiger partial charge in [-0.1, -0.05) is 134 Å². The van der Waals surface area contributed by atoms with E-state index in [9.17, 15) is 0 Å². The first kappa shape index (κ1) is 46.3. The third-order valence-electron chi connectivity index (χ3n) is 9.05. The zero-order valence-electron chi connectivity index (χ0n) is 33.1. The zero-order chi connectivity index (χ0) is 36.7. The van der Waals surface area contributed by atoms with Crippen LogP contribution >= 0.6 is 0 Å². The molecule has 1 fully saturated rings. The van der Waals surface area contributed by atoms with Gasteiger partial charge in [-0.15, -0.1) is 26.3 Å². The van der Waals surface area contributed by atoms with E-state index in [4.69, 9.17) is 6.58 Å². The molecule has 2 aliphatic carbocycles. The maximum Gasteiger partial charge on any atom is 0.0502 e. The quantitative estimate of drug-likeness (QED) is 0.199. The molecular formula is C46H77N. The fraction of sp³-hybridized carbons (Fsp3) is 0.565. The number of rotatable bonds is 14. The summed E-state index contributed by atoms with van der Waals surface area (Å²) in [5.41, 5.74) is 7.12. The average molecular weight is 644 g/mol. The molecule has 266 valence electrons. The van der Waals surface area contributed by atoms with Crippen molar-refractivity contribution in [1.29, 1.82) is 0 Å². The van der Waals surface area contributed by atoms with Crippen LogP contribution in [0.25, 0.3) is 0 Å². The van der Waals surface area contributed by atoms with E-state index in [1.165, 1.54) is 28.7 Å². The van der Waals surface area contributed by atoms with Crippen molar-refractivity contribution in [2.75, 3.05) is 0 Å². The van der Waals surface area contributed by atoms with Gasteiger partial charge in [0.25, 0.3) is 0 Å². The van der Waals surface area contributed by atoms with Crippen molar-refractivity contribution >= 4 is 0 Å². The van der Waals surface area contributed by atoms with Crippen molar-refractivity contribution in [2.24, 2.45) is 40.9 Å². The predicted octanol–water partition coefficient (Wildman–Crippen LogP) is 13.9. The molecule has 2 aliphatic rings. The molecule has 1 heteroatoms. The fourth-order valence-electron chi connectivity index (χ4n) is 7.14. The Morgan fingerprint density at radius 1 is 0.894 bits per heavy atom. The maximum atomic E-state index is 4.73. The first-order valence-electron chi connectivity index (χ1n) is 18.3. The van der Waals surface area contributed by atoms with Crippen LogP contribution in [0.5, 0.6) is 0 Å².